The standard InChI is InChI=1S/C21H25N3O3/c1-6-24-14(5)17(19(22)23-21(24)27)18(15-10-8-7-9-11-15)16(20(25)26)13(4)12(2)3/h7-12H,4,6H2,1-3,5H3,(H,25,26)(H2,22,23,27). The van der Waals surface area contributed by atoms with Crippen LogP contribution in [-0.4, -0.2) is 20.6 Å². The normalized spacial score (nSPS) is 12.0. The Hall–Kier alpha value is -3.15. The van der Waals surface area contributed by atoms with Crippen LogP contribution in [0.25, 0.3) is 5.57 Å². The van der Waals surface area contributed by atoms with Crippen LogP contribution in [0.15, 0.2) is 52.9 Å². The van der Waals surface area contributed by atoms with Gasteiger partial charge in [0, 0.05) is 23.4 Å². The van der Waals surface area contributed by atoms with Gasteiger partial charge in [0.1, 0.15) is 5.82 Å². The number of carbonyl (C=O) groups is 1. The fraction of sp³-hybridized carbons (Fsp3) is 0.286. The molecule has 0 saturated carbocycles. The highest BCUT2D eigenvalue weighted by Gasteiger charge is 2.26. The van der Waals surface area contributed by atoms with Crippen LogP contribution in [0.1, 0.15) is 37.6 Å². The van der Waals surface area contributed by atoms with Crippen molar-refractivity contribution in [1.29, 1.82) is 0 Å². The van der Waals surface area contributed by atoms with Gasteiger partial charge < -0.3 is 10.8 Å². The predicted octanol–water partition coefficient (Wildman–Crippen LogP) is 3.25. The van der Waals surface area contributed by atoms with E-state index in [-0.39, 0.29) is 17.3 Å². The predicted molar refractivity (Wildman–Crippen MR) is 107 cm³/mol. The van der Waals surface area contributed by atoms with Crippen molar-refractivity contribution in [3.63, 3.8) is 0 Å². The molecule has 3 N–H and O–H groups in total. The third-order valence-corrected chi connectivity index (χ3v) is 4.58. The highest BCUT2D eigenvalue weighted by molar-refractivity contribution is 6.06. The third-order valence-electron chi connectivity index (χ3n) is 4.58. The number of anilines is 1. The molecule has 0 aliphatic rings. The summed E-state index contributed by atoms with van der Waals surface area (Å²) in [6.45, 7) is 11.7. The minimum Gasteiger partial charge on any atom is -0.478 e. The molecule has 142 valence electrons. The Morgan fingerprint density at radius 1 is 1.30 bits per heavy atom. The third kappa shape index (κ3) is 3.84. The molecule has 0 bridgehead atoms. The molecule has 0 radical (unpaired) electrons. The summed E-state index contributed by atoms with van der Waals surface area (Å²) in [6.07, 6.45) is 0. The van der Waals surface area contributed by atoms with Crippen LogP contribution in [0.4, 0.5) is 5.82 Å². The molecule has 1 aromatic carbocycles. The lowest BCUT2D eigenvalue weighted by Gasteiger charge is -2.21. The zero-order valence-electron chi connectivity index (χ0n) is 16.1. The van der Waals surface area contributed by atoms with Crippen LogP contribution < -0.4 is 11.4 Å². The quantitative estimate of drug-likeness (QED) is 0.603. The van der Waals surface area contributed by atoms with Gasteiger partial charge in [-0.1, -0.05) is 50.8 Å². The first-order chi connectivity index (χ1) is 12.7. The number of carboxylic acids is 1. The molecular weight excluding hydrogens is 342 g/mol. The molecule has 6 heteroatoms. The number of rotatable bonds is 6. The number of nitrogen functional groups attached to an aromatic ring is 1. The zero-order chi connectivity index (χ0) is 20.3. The Kier molecular flexibility index (Phi) is 6.00. The Labute approximate surface area is 158 Å². The molecule has 0 fully saturated rings. The molecule has 0 aliphatic heterocycles. The van der Waals surface area contributed by atoms with E-state index in [0.717, 1.165) is 0 Å². The molecular formula is C21H25N3O3. The molecule has 6 nitrogen and oxygen atoms in total. The smallest absolute Gasteiger partial charge is 0.349 e. The number of nitrogens with zero attached hydrogens (tertiary/aromatic N) is 2. The minimum absolute atomic E-state index is 0.0105. The summed E-state index contributed by atoms with van der Waals surface area (Å²) in [6, 6.07) is 9.11. The van der Waals surface area contributed by atoms with Crippen LogP contribution in [0.5, 0.6) is 0 Å². The summed E-state index contributed by atoms with van der Waals surface area (Å²) in [5.41, 5.74) is 8.34. The number of aliphatic carboxylic acids is 1. The van der Waals surface area contributed by atoms with Gasteiger partial charge in [-0.2, -0.15) is 4.98 Å². The summed E-state index contributed by atoms with van der Waals surface area (Å²) >= 11 is 0. The molecule has 0 spiro atoms. The molecule has 0 atom stereocenters. The highest BCUT2D eigenvalue weighted by Crippen LogP contribution is 2.36. The Balaban J connectivity index is 3.05. The van der Waals surface area contributed by atoms with E-state index in [0.29, 0.717) is 34.5 Å². The Bertz CT molecular complexity index is 970. The van der Waals surface area contributed by atoms with Crippen molar-refractivity contribution in [1.82, 2.24) is 9.55 Å². The van der Waals surface area contributed by atoms with Gasteiger partial charge in [-0.05, 0) is 30.9 Å². The fourth-order valence-electron chi connectivity index (χ4n) is 3.08. The Morgan fingerprint density at radius 3 is 2.37 bits per heavy atom. The van der Waals surface area contributed by atoms with E-state index in [9.17, 15) is 14.7 Å². The first kappa shape index (κ1) is 20.2. The van der Waals surface area contributed by atoms with E-state index < -0.39 is 11.7 Å². The molecule has 27 heavy (non-hydrogen) atoms. The van der Waals surface area contributed by atoms with Crippen molar-refractivity contribution < 1.29 is 9.90 Å². The highest BCUT2D eigenvalue weighted by atomic mass is 16.4. The van der Waals surface area contributed by atoms with Crippen LogP contribution in [-0.2, 0) is 11.3 Å². The minimum atomic E-state index is -1.10. The number of hydrogen-bond acceptors (Lipinski definition) is 4. The molecule has 0 amide bonds. The maximum absolute atomic E-state index is 12.2. The lowest BCUT2D eigenvalue weighted by atomic mass is 9.85. The van der Waals surface area contributed by atoms with Gasteiger partial charge in [0.05, 0.1) is 5.57 Å². The van der Waals surface area contributed by atoms with E-state index >= 15 is 0 Å². The largest absolute Gasteiger partial charge is 0.478 e. The van der Waals surface area contributed by atoms with Gasteiger partial charge in [0.15, 0.2) is 0 Å². The van der Waals surface area contributed by atoms with E-state index in [1.165, 1.54) is 4.57 Å². The van der Waals surface area contributed by atoms with Crippen molar-refractivity contribution in [3.05, 3.63) is 75.4 Å². The van der Waals surface area contributed by atoms with Crippen LogP contribution in [0.2, 0.25) is 0 Å². The van der Waals surface area contributed by atoms with E-state index in [1.807, 2.05) is 51.1 Å². The molecule has 1 aromatic heterocycles. The van der Waals surface area contributed by atoms with Crippen molar-refractivity contribution in [3.8, 4) is 0 Å². The fourth-order valence-corrected chi connectivity index (χ4v) is 3.08. The number of aromatic nitrogens is 2. The monoisotopic (exact) mass is 367 g/mol. The first-order valence-electron chi connectivity index (χ1n) is 8.80. The van der Waals surface area contributed by atoms with Crippen molar-refractivity contribution >= 4 is 17.4 Å². The molecule has 0 aliphatic carbocycles. The van der Waals surface area contributed by atoms with E-state index in [1.54, 1.807) is 6.92 Å². The van der Waals surface area contributed by atoms with Gasteiger partial charge in [-0.25, -0.2) is 9.59 Å². The summed E-state index contributed by atoms with van der Waals surface area (Å²) in [5.74, 6) is -1.17. The molecule has 2 aromatic rings. The van der Waals surface area contributed by atoms with Gasteiger partial charge in [-0.3, -0.25) is 4.57 Å². The lowest BCUT2D eigenvalue weighted by Crippen LogP contribution is -2.27. The molecule has 0 unspecified atom stereocenters. The number of nitrogens with two attached hydrogens (primary N) is 1. The maximum Gasteiger partial charge on any atom is 0.349 e. The van der Waals surface area contributed by atoms with Crippen LogP contribution >= 0.6 is 0 Å². The van der Waals surface area contributed by atoms with Gasteiger partial charge in [0.2, 0.25) is 0 Å². The number of hydrogen-bond donors (Lipinski definition) is 2. The molecule has 1 heterocycles. The second kappa shape index (κ2) is 8.03. The van der Waals surface area contributed by atoms with Crippen LogP contribution in [0, 0.1) is 12.8 Å². The van der Waals surface area contributed by atoms with Crippen LogP contribution in [0.3, 0.4) is 0 Å². The van der Waals surface area contributed by atoms with Gasteiger partial charge in [0.25, 0.3) is 0 Å². The summed E-state index contributed by atoms with van der Waals surface area (Å²) in [5, 5.41) is 10.0. The Morgan fingerprint density at radius 2 is 1.89 bits per heavy atom. The molecule has 2 rings (SSSR count). The van der Waals surface area contributed by atoms with Gasteiger partial charge >= 0.3 is 11.7 Å². The summed E-state index contributed by atoms with van der Waals surface area (Å²) in [4.78, 5) is 28.3. The first-order valence-corrected chi connectivity index (χ1v) is 8.80. The molecule has 0 saturated heterocycles. The van der Waals surface area contributed by atoms with E-state index in [4.69, 9.17) is 5.73 Å². The van der Waals surface area contributed by atoms with Crippen molar-refractivity contribution in [2.24, 2.45) is 5.92 Å². The summed E-state index contributed by atoms with van der Waals surface area (Å²) in [7, 11) is 0. The average molecular weight is 367 g/mol. The number of benzene rings is 1. The van der Waals surface area contributed by atoms with Crippen molar-refractivity contribution in [2.75, 3.05) is 5.73 Å². The average Bonchev–Trinajstić information content (AvgIpc) is 2.60. The van der Waals surface area contributed by atoms with Gasteiger partial charge in [-0.15, -0.1) is 0 Å². The second-order valence-electron chi connectivity index (χ2n) is 6.59. The summed E-state index contributed by atoms with van der Waals surface area (Å²) < 4.78 is 1.48. The topological polar surface area (TPSA) is 98.2 Å². The number of carboxylic acid groups (broad SMARTS) is 1. The van der Waals surface area contributed by atoms with Crippen molar-refractivity contribution in [2.45, 2.75) is 34.2 Å². The zero-order valence-corrected chi connectivity index (χ0v) is 16.1. The maximum atomic E-state index is 12.2. The lowest BCUT2D eigenvalue weighted by molar-refractivity contribution is -0.132. The SMILES string of the molecule is C=C(C(C(=O)O)=C(c1ccccc1)c1c(N)nc(=O)n(CC)c1C)C(C)C. The second-order valence-corrected chi connectivity index (χ2v) is 6.59. The van der Waals surface area contributed by atoms with E-state index in [2.05, 4.69) is 11.6 Å².